The maximum absolute atomic E-state index is 12.9. The zero-order valence-electron chi connectivity index (χ0n) is 14.0. The molecule has 0 amide bonds. The van der Waals surface area contributed by atoms with Crippen LogP contribution in [0.1, 0.15) is 5.56 Å². The summed E-state index contributed by atoms with van der Waals surface area (Å²) in [6.07, 6.45) is -4.45. The van der Waals surface area contributed by atoms with Crippen molar-refractivity contribution in [1.82, 2.24) is 4.98 Å². The van der Waals surface area contributed by atoms with Gasteiger partial charge in [-0.2, -0.15) is 13.2 Å². The highest BCUT2D eigenvalue weighted by Crippen LogP contribution is 2.38. The average molecular weight is 423 g/mol. The molecule has 0 unspecified atom stereocenters. The molecule has 3 aromatic carbocycles. The van der Waals surface area contributed by atoms with Gasteiger partial charge in [0.05, 0.1) is 21.3 Å². The summed E-state index contributed by atoms with van der Waals surface area (Å²) >= 11 is 12.4. The number of aromatic nitrogens is 1. The smallest absolute Gasteiger partial charge is 0.416 e. The third-order valence-electron chi connectivity index (χ3n) is 4.25. The van der Waals surface area contributed by atoms with E-state index in [4.69, 9.17) is 33.4 Å². The van der Waals surface area contributed by atoms with Crippen LogP contribution in [-0.2, 0) is 6.18 Å². The molecule has 1 heterocycles. The van der Waals surface area contributed by atoms with Crippen LogP contribution in [-0.4, -0.2) is 4.98 Å². The quantitative estimate of drug-likeness (QED) is 0.351. The number of alkyl halides is 3. The van der Waals surface area contributed by atoms with Gasteiger partial charge in [-0.15, -0.1) is 0 Å². The molecule has 1 aromatic heterocycles. The van der Waals surface area contributed by atoms with Crippen molar-refractivity contribution < 1.29 is 17.6 Å². The monoisotopic (exact) mass is 422 g/mol. The summed E-state index contributed by atoms with van der Waals surface area (Å²) in [5.41, 5.74) is 7.73. The van der Waals surface area contributed by atoms with Crippen molar-refractivity contribution in [3.63, 3.8) is 0 Å². The van der Waals surface area contributed by atoms with E-state index in [9.17, 15) is 13.2 Å². The van der Waals surface area contributed by atoms with Gasteiger partial charge in [-0.1, -0.05) is 41.4 Å². The van der Waals surface area contributed by atoms with Crippen molar-refractivity contribution in [2.45, 2.75) is 6.18 Å². The van der Waals surface area contributed by atoms with Crippen LogP contribution in [0.5, 0.6) is 0 Å². The topological polar surface area (TPSA) is 52.0 Å². The van der Waals surface area contributed by atoms with E-state index in [0.29, 0.717) is 21.8 Å². The Hall–Kier alpha value is -2.70. The minimum Gasteiger partial charge on any atom is -0.436 e. The number of fused-ring (bicyclic) bond motifs is 1. The Morgan fingerprint density at radius 2 is 1.64 bits per heavy atom. The molecule has 4 rings (SSSR count). The fraction of sp³-hybridized carbons (Fsp3) is 0.0500. The summed E-state index contributed by atoms with van der Waals surface area (Å²) in [5, 5.41) is 0.567. The molecule has 0 aliphatic rings. The van der Waals surface area contributed by atoms with Gasteiger partial charge in [0.15, 0.2) is 5.58 Å². The number of halogens is 5. The van der Waals surface area contributed by atoms with Crippen LogP contribution in [0.15, 0.2) is 59.0 Å². The molecular formula is C20H11Cl2F3N2O. The standard InChI is InChI=1S/C20H11Cl2F3N2O/c21-17-13(5-6-14(26)18(17)22)10-2-1-3-11(8-10)19-27-15-9-12(20(23,24)25)4-7-16(15)28-19/h1-9H,26H2. The second-order valence-corrected chi connectivity index (χ2v) is 6.87. The van der Waals surface area contributed by atoms with Crippen molar-refractivity contribution in [2.75, 3.05) is 5.73 Å². The van der Waals surface area contributed by atoms with Gasteiger partial charge in [0.1, 0.15) is 5.52 Å². The van der Waals surface area contributed by atoms with Gasteiger partial charge >= 0.3 is 6.18 Å². The highest BCUT2D eigenvalue weighted by molar-refractivity contribution is 6.45. The number of anilines is 1. The number of hydrogen-bond donors (Lipinski definition) is 1. The van der Waals surface area contributed by atoms with E-state index in [1.54, 1.807) is 30.3 Å². The highest BCUT2D eigenvalue weighted by atomic mass is 35.5. The maximum Gasteiger partial charge on any atom is 0.416 e. The Balaban J connectivity index is 1.79. The summed E-state index contributed by atoms with van der Waals surface area (Å²) in [6, 6.07) is 13.7. The van der Waals surface area contributed by atoms with Crippen molar-refractivity contribution in [3.8, 4) is 22.6 Å². The lowest BCUT2D eigenvalue weighted by Crippen LogP contribution is -2.03. The van der Waals surface area contributed by atoms with E-state index < -0.39 is 11.7 Å². The average Bonchev–Trinajstić information content (AvgIpc) is 3.09. The molecule has 0 saturated heterocycles. The zero-order valence-corrected chi connectivity index (χ0v) is 15.5. The summed E-state index contributed by atoms with van der Waals surface area (Å²) in [5.74, 6) is 0.203. The van der Waals surface area contributed by atoms with Crippen LogP contribution < -0.4 is 5.73 Å². The molecule has 3 nitrogen and oxygen atoms in total. The largest absolute Gasteiger partial charge is 0.436 e. The van der Waals surface area contributed by atoms with Crippen molar-refractivity contribution in [2.24, 2.45) is 0 Å². The number of oxazole rings is 1. The number of nitrogens with zero attached hydrogens (tertiary/aromatic N) is 1. The first kappa shape index (κ1) is 18.7. The summed E-state index contributed by atoms with van der Waals surface area (Å²) in [6.45, 7) is 0. The fourth-order valence-electron chi connectivity index (χ4n) is 2.83. The Labute approximate surface area is 167 Å². The lowest BCUT2D eigenvalue weighted by atomic mass is 10.0. The van der Waals surface area contributed by atoms with Gasteiger partial charge in [-0.25, -0.2) is 4.98 Å². The molecule has 0 bridgehead atoms. The van der Waals surface area contributed by atoms with E-state index in [0.717, 1.165) is 17.7 Å². The maximum atomic E-state index is 12.9. The van der Waals surface area contributed by atoms with Crippen LogP contribution in [0.3, 0.4) is 0 Å². The lowest BCUT2D eigenvalue weighted by molar-refractivity contribution is -0.137. The summed E-state index contributed by atoms with van der Waals surface area (Å²) in [4.78, 5) is 4.20. The first-order chi connectivity index (χ1) is 13.2. The molecular weight excluding hydrogens is 412 g/mol. The fourth-order valence-corrected chi connectivity index (χ4v) is 3.28. The Morgan fingerprint density at radius 1 is 0.893 bits per heavy atom. The van der Waals surface area contributed by atoms with Gasteiger partial charge < -0.3 is 10.2 Å². The molecule has 0 aliphatic carbocycles. The number of benzene rings is 3. The summed E-state index contributed by atoms with van der Waals surface area (Å²) in [7, 11) is 0. The van der Waals surface area contributed by atoms with E-state index in [2.05, 4.69) is 4.98 Å². The van der Waals surface area contributed by atoms with E-state index in [1.165, 1.54) is 6.07 Å². The molecule has 0 radical (unpaired) electrons. The molecule has 142 valence electrons. The molecule has 2 N–H and O–H groups in total. The van der Waals surface area contributed by atoms with Crippen LogP contribution in [0, 0.1) is 0 Å². The molecule has 28 heavy (non-hydrogen) atoms. The number of hydrogen-bond acceptors (Lipinski definition) is 3. The van der Waals surface area contributed by atoms with E-state index in [1.807, 2.05) is 6.07 Å². The van der Waals surface area contributed by atoms with Crippen molar-refractivity contribution in [1.29, 1.82) is 0 Å². The van der Waals surface area contributed by atoms with Crippen LogP contribution in [0.2, 0.25) is 10.0 Å². The Morgan fingerprint density at radius 3 is 2.39 bits per heavy atom. The predicted molar refractivity (Wildman–Crippen MR) is 104 cm³/mol. The SMILES string of the molecule is Nc1ccc(-c2cccc(-c3nc4cc(C(F)(F)F)ccc4o3)c2)c(Cl)c1Cl. The minimum absolute atomic E-state index is 0.129. The second kappa shape index (κ2) is 6.72. The second-order valence-electron chi connectivity index (χ2n) is 6.11. The zero-order chi connectivity index (χ0) is 20.1. The van der Waals surface area contributed by atoms with Crippen molar-refractivity contribution >= 4 is 40.0 Å². The normalized spacial score (nSPS) is 11.9. The van der Waals surface area contributed by atoms with Crippen LogP contribution >= 0.6 is 23.2 Å². The molecule has 4 aromatic rings. The first-order valence-electron chi connectivity index (χ1n) is 8.06. The van der Waals surface area contributed by atoms with Gasteiger partial charge in [0.25, 0.3) is 0 Å². The number of nitrogen functional groups attached to an aromatic ring is 1. The van der Waals surface area contributed by atoms with Crippen molar-refractivity contribution in [3.05, 3.63) is 70.2 Å². The molecule has 0 atom stereocenters. The Kier molecular flexibility index (Phi) is 4.48. The molecule has 8 heteroatoms. The number of nitrogens with two attached hydrogens (primary N) is 1. The third kappa shape index (κ3) is 3.30. The van der Waals surface area contributed by atoms with Gasteiger partial charge in [-0.05, 0) is 42.0 Å². The molecule has 0 fully saturated rings. The molecule has 0 spiro atoms. The molecule has 0 saturated carbocycles. The van der Waals surface area contributed by atoms with Crippen LogP contribution in [0.25, 0.3) is 33.7 Å². The first-order valence-corrected chi connectivity index (χ1v) is 8.82. The van der Waals surface area contributed by atoms with E-state index >= 15 is 0 Å². The Bertz CT molecular complexity index is 1200. The van der Waals surface area contributed by atoms with Gasteiger partial charge in [0.2, 0.25) is 5.89 Å². The third-order valence-corrected chi connectivity index (χ3v) is 5.14. The van der Waals surface area contributed by atoms with Crippen LogP contribution in [0.4, 0.5) is 18.9 Å². The predicted octanol–water partition coefficient (Wildman–Crippen LogP) is 7.07. The molecule has 0 aliphatic heterocycles. The highest BCUT2D eigenvalue weighted by Gasteiger charge is 2.31. The number of rotatable bonds is 2. The lowest BCUT2D eigenvalue weighted by Gasteiger charge is -2.09. The van der Waals surface area contributed by atoms with Gasteiger partial charge in [-0.3, -0.25) is 0 Å². The minimum atomic E-state index is -4.45. The van der Waals surface area contributed by atoms with Gasteiger partial charge in [0, 0.05) is 11.1 Å². The van der Waals surface area contributed by atoms with E-state index in [-0.39, 0.29) is 22.0 Å². The summed E-state index contributed by atoms with van der Waals surface area (Å²) < 4.78 is 44.3.